The van der Waals surface area contributed by atoms with Gasteiger partial charge in [-0.25, -0.2) is 4.98 Å². The third-order valence-corrected chi connectivity index (χ3v) is 4.84. The van der Waals surface area contributed by atoms with Crippen LogP contribution in [0.2, 0.25) is 0 Å². The molecule has 2 rings (SSSR count). The van der Waals surface area contributed by atoms with Crippen LogP contribution in [0.4, 0.5) is 0 Å². The van der Waals surface area contributed by atoms with Crippen LogP contribution >= 0.6 is 11.3 Å². The number of carbonyl (C=O) groups excluding carboxylic acids is 1. The van der Waals surface area contributed by atoms with Gasteiger partial charge in [-0.05, 0) is 32.7 Å². The molecule has 0 aromatic carbocycles. The maximum Gasteiger partial charge on any atom is 0.234 e. The zero-order valence-corrected chi connectivity index (χ0v) is 13.0. The standard InChI is InChI=1S/C14H23N3O2S/c1-3-14-16-10(2)12(20-14)7-15-13(19)9-17-6-4-5-11(18)8-17/h11,18H,3-9H2,1-2H3,(H,15,19). The normalized spacial score (nSPS) is 20.1. The second kappa shape index (κ2) is 7.15. The number of aromatic nitrogens is 1. The molecule has 1 aliphatic heterocycles. The molecule has 0 bridgehead atoms. The number of nitrogens with one attached hydrogen (secondary N) is 1. The zero-order valence-electron chi connectivity index (χ0n) is 12.2. The quantitative estimate of drug-likeness (QED) is 0.854. The number of hydrogen-bond donors (Lipinski definition) is 2. The second-order valence-electron chi connectivity index (χ2n) is 5.28. The van der Waals surface area contributed by atoms with Crippen molar-refractivity contribution in [1.29, 1.82) is 0 Å². The predicted octanol–water partition coefficient (Wildman–Crippen LogP) is 1.09. The number of hydrogen-bond acceptors (Lipinski definition) is 5. The van der Waals surface area contributed by atoms with E-state index < -0.39 is 0 Å². The van der Waals surface area contributed by atoms with Crippen molar-refractivity contribution in [2.45, 2.75) is 45.8 Å². The Hall–Kier alpha value is -0.980. The van der Waals surface area contributed by atoms with Crippen LogP contribution in [0.5, 0.6) is 0 Å². The number of thiazole rings is 1. The van der Waals surface area contributed by atoms with E-state index in [4.69, 9.17) is 0 Å². The fraction of sp³-hybridized carbons (Fsp3) is 0.714. The third-order valence-electron chi connectivity index (χ3n) is 3.53. The van der Waals surface area contributed by atoms with Gasteiger partial charge in [-0.2, -0.15) is 0 Å². The number of carbonyl (C=O) groups is 1. The minimum atomic E-state index is -0.285. The van der Waals surface area contributed by atoms with Crippen LogP contribution in [0.15, 0.2) is 0 Å². The summed E-state index contributed by atoms with van der Waals surface area (Å²) in [5.74, 6) is 0.0185. The smallest absolute Gasteiger partial charge is 0.234 e. The average Bonchev–Trinajstić information content (AvgIpc) is 2.77. The molecule has 1 aromatic rings. The van der Waals surface area contributed by atoms with Gasteiger partial charge in [-0.3, -0.25) is 9.69 Å². The molecule has 112 valence electrons. The van der Waals surface area contributed by atoms with Crippen LogP contribution in [0.25, 0.3) is 0 Å². The SMILES string of the molecule is CCc1nc(C)c(CNC(=O)CN2CCCC(O)C2)s1. The first kappa shape index (κ1) is 15.4. The molecule has 0 radical (unpaired) electrons. The summed E-state index contributed by atoms with van der Waals surface area (Å²) in [5, 5.41) is 13.7. The van der Waals surface area contributed by atoms with Gasteiger partial charge in [-0.1, -0.05) is 6.92 Å². The molecule has 1 aliphatic rings. The highest BCUT2D eigenvalue weighted by atomic mass is 32.1. The van der Waals surface area contributed by atoms with Crippen molar-refractivity contribution in [2.24, 2.45) is 0 Å². The molecule has 5 nitrogen and oxygen atoms in total. The minimum Gasteiger partial charge on any atom is -0.392 e. The molecule has 2 heterocycles. The van der Waals surface area contributed by atoms with Gasteiger partial charge < -0.3 is 10.4 Å². The Kier molecular flexibility index (Phi) is 5.51. The Balaban J connectivity index is 1.78. The zero-order chi connectivity index (χ0) is 14.5. The Morgan fingerprint density at radius 1 is 1.60 bits per heavy atom. The van der Waals surface area contributed by atoms with Gasteiger partial charge in [0.05, 0.1) is 29.9 Å². The third kappa shape index (κ3) is 4.26. The minimum absolute atomic E-state index is 0.0185. The number of piperidine rings is 1. The molecule has 1 saturated heterocycles. The van der Waals surface area contributed by atoms with Crippen molar-refractivity contribution < 1.29 is 9.90 Å². The molecule has 1 fully saturated rings. The van der Waals surface area contributed by atoms with Crippen molar-refractivity contribution >= 4 is 17.2 Å². The van der Waals surface area contributed by atoms with E-state index in [1.807, 2.05) is 11.8 Å². The molecule has 0 saturated carbocycles. The second-order valence-corrected chi connectivity index (χ2v) is 6.45. The van der Waals surface area contributed by atoms with Crippen LogP contribution in [0, 0.1) is 6.92 Å². The highest BCUT2D eigenvalue weighted by Crippen LogP contribution is 2.18. The van der Waals surface area contributed by atoms with Crippen molar-refractivity contribution in [3.63, 3.8) is 0 Å². The fourth-order valence-electron chi connectivity index (χ4n) is 2.42. The van der Waals surface area contributed by atoms with Crippen LogP contribution in [-0.4, -0.2) is 46.6 Å². The van der Waals surface area contributed by atoms with Gasteiger partial charge in [0.25, 0.3) is 0 Å². The Morgan fingerprint density at radius 2 is 2.40 bits per heavy atom. The van der Waals surface area contributed by atoms with Crippen molar-refractivity contribution in [3.05, 3.63) is 15.6 Å². The first-order valence-corrected chi connectivity index (χ1v) is 8.02. The lowest BCUT2D eigenvalue weighted by atomic mass is 10.1. The number of nitrogens with zero attached hydrogens (tertiary/aromatic N) is 2. The molecule has 2 N–H and O–H groups in total. The van der Waals surface area contributed by atoms with E-state index in [-0.39, 0.29) is 12.0 Å². The number of β-amino-alcohol motifs (C(OH)–C–C–N with tert-alkyl or cyclic N) is 1. The fourth-order valence-corrected chi connectivity index (χ4v) is 3.37. The Labute approximate surface area is 124 Å². The molecule has 1 amide bonds. The van der Waals surface area contributed by atoms with Gasteiger partial charge >= 0.3 is 0 Å². The Morgan fingerprint density at radius 3 is 3.05 bits per heavy atom. The number of aliphatic hydroxyl groups excluding tert-OH is 1. The molecular weight excluding hydrogens is 274 g/mol. The van der Waals surface area contributed by atoms with Crippen molar-refractivity contribution in [1.82, 2.24) is 15.2 Å². The van der Waals surface area contributed by atoms with Gasteiger partial charge in [0.15, 0.2) is 0 Å². The topological polar surface area (TPSA) is 65.5 Å². The molecule has 0 aliphatic carbocycles. The molecule has 6 heteroatoms. The summed E-state index contributed by atoms with van der Waals surface area (Å²) in [6.07, 6.45) is 2.46. The number of aryl methyl sites for hydroxylation is 2. The number of aliphatic hydroxyl groups is 1. The van der Waals surface area contributed by atoms with Crippen LogP contribution in [-0.2, 0) is 17.8 Å². The average molecular weight is 297 g/mol. The first-order chi connectivity index (χ1) is 9.58. The number of likely N-dealkylation sites (tertiary alicyclic amines) is 1. The van der Waals surface area contributed by atoms with E-state index in [9.17, 15) is 9.90 Å². The Bertz CT molecular complexity index is 461. The predicted molar refractivity (Wildman–Crippen MR) is 79.8 cm³/mol. The van der Waals surface area contributed by atoms with Gasteiger partial charge in [-0.15, -0.1) is 11.3 Å². The number of amides is 1. The molecular formula is C14H23N3O2S. The molecule has 1 unspecified atom stereocenters. The van der Waals surface area contributed by atoms with Gasteiger partial charge in [0, 0.05) is 11.4 Å². The van der Waals surface area contributed by atoms with Crippen LogP contribution in [0.3, 0.4) is 0 Å². The summed E-state index contributed by atoms with van der Waals surface area (Å²) in [6, 6.07) is 0. The van der Waals surface area contributed by atoms with Crippen molar-refractivity contribution in [3.8, 4) is 0 Å². The van der Waals surface area contributed by atoms with E-state index >= 15 is 0 Å². The molecule has 1 atom stereocenters. The summed E-state index contributed by atoms with van der Waals surface area (Å²) < 4.78 is 0. The lowest BCUT2D eigenvalue weighted by Crippen LogP contribution is -2.44. The van der Waals surface area contributed by atoms with Crippen LogP contribution < -0.4 is 5.32 Å². The molecule has 0 spiro atoms. The van der Waals surface area contributed by atoms with Gasteiger partial charge in [0.1, 0.15) is 0 Å². The first-order valence-electron chi connectivity index (χ1n) is 7.20. The highest BCUT2D eigenvalue weighted by Gasteiger charge is 2.19. The van der Waals surface area contributed by atoms with E-state index in [2.05, 4.69) is 17.2 Å². The number of rotatable bonds is 5. The summed E-state index contributed by atoms with van der Waals surface area (Å²) in [4.78, 5) is 19.5. The van der Waals surface area contributed by atoms with Crippen molar-refractivity contribution in [2.75, 3.05) is 19.6 Å². The maximum absolute atomic E-state index is 11.9. The van der Waals surface area contributed by atoms with E-state index in [0.717, 1.165) is 41.4 Å². The largest absolute Gasteiger partial charge is 0.392 e. The van der Waals surface area contributed by atoms with Crippen LogP contribution in [0.1, 0.15) is 35.3 Å². The summed E-state index contributed by atoms with van der Waals surface area (Å²) >= 11 is 1.67. The molecule has 20 heavy (non-hydrogen) atoms. The molecule has 1 aromatic heterocycles. The summed E-state index contributed by atoms with van der Waals surface area (Å²) in [5.41, 5.74) is 1.01. The maximum atomic E-state index is 11.9. The van der Waals surface area contributed by atoms with E-state index in [0.29, 0.717) is 19.6 Å². The lowest BCUT2D eigenvalue weighted by molar-refractivity contribution is -0.123. The van der Waals surface area contributed by atoms with E-state index in [1.54, 1.807) is 11.3 Å². The van der Waals surface area contributed by atoms with E-state index in [1.165, 1.54) is 0 Å². The summed E-state index contributed by atoms with van der Waals surface area (Å²) in [7, 11) is 0. The lowest BCUT2D eigenvalue weighted by Gasteiger charge is -2.29. The monoisotopic (exact) mass is 297 g/mol. The highest BCUT2D eigenvalue weighted by molar-refractivity contribution is 7.11. The summed E-state index contributed by atoms with van der Waals surface area (Å²) in [6.45, 7) is 6.49. The van der Waals surface area contributed by atoms with Gasteiger partial charge in [0.2, 0.25) is 5.91 Å².